The van der Waals surface area contributed by atoms with E-state index in [1.807, 2.05) is 13.8 Å². The maximum Gasteiger partial charge on any atom is 0.244 e. The summed E-state index contributed by atoms with van der Waals surface area (Å²) >= 11 is 3.34. The van der Waals surface area contributed by atoms with Gasteiger partial charge in [0.25, 0.3) is 0 Å². The van der Waals surface area contributed by atoms with Gasteiger partial charge in [-0.25, -0.2) is 8.42 Å². The minimum absolute atomic E-state index is 0.123. The molecular formula is C14H18BrNO5S. The highest BCUT2D eigenvalue weighted by Crippen LogP contribution is 2.39. The van der Waals surface area contributed by atoms with Crippen LogP contribution < -0.4 is 9.47 Å². The highest BCUT2D eigenvalue weighted by Gasteiger charge is 2.36. The Hall–Kier alpha value is -0.830. The van der Waals surface area contributed by atoms with E-state index in [9.17, 15) is 8.42 Å². The zero-order valence-electron chi connectivity index (χ0n) is 12.4. The van der Waals surface area contributed by atoms with Gasteiger partial charge in [-0.3, -0.25) is 0 Å². The molecule has 0 aliphatic carbocycles. The molecule has 8 heteroatoms. The van der Waals surface area contributed by atoms with Gasteiger partial charge in [0.05, 0.1) is 12.7 Å². The van der Waals surface area contributed by atoms with Crippen LogP contribution in [0.1, 0.15) is 13.8 Å². The van der Waals surface area contributed by atoms with Crippen molar-refractivity contribution in [2.75, 3.05) is 26.4 Å². The zero-order chi connectivity index (χ0) is 15.9. The van der Waals surface area contributed by atoms with Crippen LogP contribution in [0, 0.1) is 0 Å². The lowest BCUT2D eigenvalue weighted by molar-refractivity contribution is -0.0170. The summed E-state index contributed by atoms with van der Waals surface area (Å²) in [6.07, 6.45) is -0.123. The Morgan fingerprint density at radius 3 is 2.50 bits per heavy atom. The Kier molecular flexibility index (Phi) is 4.37. The number of sulfonamides is 1. The number of nitrogens with zero attached hydrogens (tertiary/aromatic N) is 1. The van der Waals surface area contributed by atoms with Crippen LogP contribution in [0.2, 0.25) is 0 Å². The highest BCUT2D eigenvalue weighted by atomic mass is 79.9. The van der Waals surface area contributed by atoms with Gasteiger partial charge >= 0.3 is 0 Å². The molecule has 2 unspecified atom stereocenters. The van der Waals surface area contributed by atoms with E-state index in [0.717, 1.165) is 0 Å². The Bertz CT molecular complexity index is 678. The topological polar surface area (TPSA) is 65.1 Å². The molecule has 22 heavy (non-hydrogen) atoms. The van der Waals surface area contributed by atoms with Crippen molar-refractivity contribution in [3.63, 3.8) is 0 Å². The van der Waals surface area contributed by atoms with Crippen molar-refractivity contribution in [3.8, 4) is 11.5 Å². The lowest BCUT2D eigenvalue weighted by Crippen LogP contribution is -2.50. The number of hydrogen-bond acceptors (Lipinski definition) is 5. The Morgan fingerprint density at radius 2 is 1.82 bits per heavy atom. The molecule has 3 rings (SSSR count). The largest absolute Gasteiger partial charge is 0.486 e. The lowest BCUT2D eigenvalue weighted by atomic mass is 10.2. The molecule has 6 nitrogen and oxygen atoms in total. The minimum Gasteiger partial charge on any atom is -0.486 e. The number of halogens is 1. The highest BCUT2D eigenvalue weighted by molar-refractivity contribution is 9.10. The van der Waals surface area contributed by atoms with Crippen molar-refractivity contribution in [3.05, 3.63) is 16.6 Å². The van der Waals surface area contributed by atoms with Crippen molar-refractivity contribution >= 4 is 26.0 Å². The second-order valence-electron chi connectivity index (χ2n) is 5.49. The second kappa shape index (κ2) is 5.99. The SMILES string of the molecule is CC1CN(S(=O)(=O)c2cc3c(cc2Br)OCCO3)C(C)CO1. The van der Waals surface area contributed by atoms with E-state index < -0.39 is 10.0 Å². The van der Waals surface area contributed by atoms with Gasteiger partial charge in [0, 0.05) is 23.1 Å². The number of ether oxygens (including phenoxy) is 3. The minimum atomic E-state index is -3.64. The maximum absolute atomic E-state index is 13.0. The van der Waals surface area contributed by atoms with Crippen LogP contribution in [0.25, 0.3) is 0 Å². The van der Waals surface area contributed by atoms with Gasteiger partial charge in [-0.1, -0.05) is 0 Å². The first-order valence-corrected chi connectivity index (χ1v) is 9.35. The zero-order valence-corrected chi connectivity index (χ0v) is 14.8. The smallest absolute Gasteiger partial charge is 0.244 e. The molecule has 0 radical (unpaired) electrons. The van der Waals surface area contributed by atoms with E-state index in [0.29, 0.717) is 42.3 Å². The molecule has 1 fully saturated rings. The first-order valence-electron chi connectivity index (χ1n) is 7.12. The molecule has 1 aromatic rings. The van der Waals surface area contributed by atoms with Crippen LogP contribution in [0.4, 0.5) is 0 Å². The molecule has 2 aliphatic rings. The molecule has 1 saturated heterocycles. The van der Waals surface area contributed by atoms with Crippen molar-refractivity contribution < 1.29 is 22.6 Å². The molecule has 0 amide bonds. The van der Waals surface area contributed by atoms with Crippen molar-refractivity contribution in [2.24, 2.45) is 0 Å². The summed E-state index contributed by atoms with van der Waals surface area (Å²) < 4.78 is 44.4. The Labute approximate surface area is 138 Å². The fourth-order valence-corrected chi connectivity index (χ4v) is 5.27. The second-order valence-corrected chi connectivity index (χ2v) is 8.21. The summed E-state index contributed by atoms with van der Waals surface area (Å²) in [5.74, 6) is 1.02. The van der Waals surface area contributed by atoms with Gasteiger partial charge in [-0.05, 0) is 35.8 Å². The standard InChI is InChI=1S/C14H18BrNO5S/c1-9-8-21-10(2)7-16(9)22(17,18)14-6-13-12(5-11(14)15)19-3-4-20-13/h5-6,9-10H,3-4,7-8H2,1-2H3. The quantitative estimate of drug-likeness (QED) is 0.771. The lowest BCUT2D eigenvalue weighted by Gasteiger charge is -2.36. The van der Waals surface area contributed by atoms with Gasteiger partial charge in [0.2, 0.25) is 10.0 Å². The molecule has 0 N–H and O–H groups in total. The fourth-order valence-electron chi connectivity index (χ4n) is 2.58. The number of benzene rings is 1. The summed E-state index contributed by atoms with van der Waals surface area (Å²) in [5.41, 5.74) is 0. The third-order valence-corrected chi connectivity index (χ3v) is 6.67. The maximum atomic E-state index is 13.0. The van der Waals surface area contributed by atoms with Crippen LogP contribution in [-0.2, 0) is 14.8 Å². The molecular weight excluding hydrogens is 374 g/mol. The third kappa shape index (κ3) is 2.84. The number of hydrogen-bond donors (Lipinski definition) is 0. The van der Waals surface area contributed by atoms with E-state index in [4.69, 9.17) is 14.2 Å². The normalized spacial score (nSPS) is 26.0. The van der Waals surface area contributed by atoms with Gasteiger partial charge < -0.3 is 14.2 Å². The van der Waals surface area contributed by atoms with Crippen molar-refractivity contribution in [1.29, 1.82) is 0 Å². The Morgan fingerprint density at radius 1 is 1.18 bits per heavy atom. The van der Waals surface area contributed by atoms with Crippen LogP contribution in [0.15, 0.2) is 21.5 Å². The third-order valence-electron chi connectivity index (χ3n) is 3.73. The summed E-state index contributed by atoms with van der Waals surface area (Å²) in [6, 6.07) is 2.97. The van der Waals surface area contributed by atoms with Gasteiger partial charge in [0.15, 0.2) is 11.5 Å². The van der Waals surface area contributed by atoms with Crippen LogP contribution in [0.5, 0.6) is 11.5 Å². The predicted octanol–water partition coefficient (Wildman–Crippen LogP) is 2.02. The first-order chi connectivity index (χ1) is 10.4. The van der Waals surface area contributed by atoms with Gasteiger partial charge in [-0.2, -0.15) is 4.31 Å². The van der Waals surface area contributed by atoms with Crippen LogP contribution in [-0.4, -0.2) is 51.2 Å². The fraction of sp³-hybridized carbons (Fsp3) is 0.571. The van der Waals surface area contributed by atoms with Gasteiger partial charge in [-0.15, -0.1) is 0 Å². The predicted molar refractivity (Wildman–Crippen MR) is 83.9 cm³/mol. The van der Waals surface area contributed by atoms with Crippen LogP contribution in [0.3, 0.4) is 0 Å². The molecule has 1 aromatic carbocycles. The van der Waals surface area contributed by atoms with E-state index in [2.05, 4.69) is 15.9 Å². The number of fused-ring (bicyclic) bond motifs is 1. The van der Waals surface area contributed by atoms with Crippen LogP contribution >= 0.6 is 15.9 Å². The average Bonchev–Trinajstić information content (AvgIpc) is 2.48. The summed E-state index contributed by atoms with van der Waals surface area (Å²) in [5, 5.41) is 0. The summed E-state index contributed by atoms with van der Waals surface area (Å²) in [7, 11) is -3.64. The molecule has 2 atom stereocenters. The monoisotopic (exact) mass is 391 g/mol. The molecule has 0 bridgehead atoms. The molecule has 2 heterocycles. The molecule has 0 saturated carbocycles. The molecule has 2 aliphatic heterocycles. The number of rotatable bonds is 2. The van der Waals surface area contributed by atoms with E-state index in [1.54, 1.807) is 6.07 Å². The average molecular weight is 392 g/mol. The summed E-state index contributed by atoms with van der Waals surface area (Å²) in [4.78, 5) is 0.192. The van der Waals surface area contributed by atoms with E-state index in [1.165, 1.54) is 10.4 Å². The first kappa shape index (κ1) is 16.0. The van der Waals surface area contributed by atoms with Crippen molar-refractivity contribution in [1.82, 2.24) is 4.31 Å². The van der Waals surface area contributed by atoms with Crippen molar-refractivity contribution in [2.45, 2.75) is 30.9 Å². The number of morpholine rings is 1. The molecule has 0 spiro atoms. The molecule has 122 valence electrons. The molecule has 0 aromatic heterocycles. The Balaban J connectivity index is 2.01. The summed E-state index contributed by atoms with van der Waals surface area (Å²) in [6.45, 7) is 5.32. The van der Waals surface area contributed by atoms with E-state index >= 15 is 0 Å². The van der Waals surface area contributed by atoms with E-state index in [-0.39, 0.29) is 17.0 Å². The van der Waals surface area contributed by atoms with Gasteiger partial charge in [0.1, 0.15) is 18.1 Å².